The summed E-state index contributed by atoms with van der Waals surface area (Å²) in [4.78, 5) is 0. The van der Waals surface area contributed by atoms with Gasteiger partial charge in [-0.2, -0.15) is 12.6 Å². The van der Waals surface area contributed by atoms with Crippen LogP contribution >= 0.6 is 83.2 Å². The van der Waals surface area contributed by atoms with Crippen LogP contribution in [0.2, 0.25) is 0 Å². The van der Waals surface area contributed by atoms with E-state index >= 15 is 0 Å². The van der Waals surface area contributed by atoms with Crippen LogP contribution < -0.4 is 0 Å². The van der Waals surface area contributed by atoms with Crippen molar-refractivity contribution in [3.63, 3.8) is 0 Å². The fraction of sp³-hybridized carbons (Fsp3) is 0.647. The maximum atomic E-state index is 5.71. The lowest BCUT2D eigenvalue weighted by Crippen LogP contribution is -2.08. The molecule has 0 unspecified atom stereocenters. The maximum absolute atomic E-state index is 5.71. The van der Waals surface area contributed by atoms with E-state index < -0.39 is 0 Å². The molecule has 26 heavy (non-hydrogen) atoms. The van der Waals surface area contributed by atoms with Crippen molar-refractivity contribution in [1.29, 1.82) is 0 Å². The predicted octanol–water partition coefficient (Wildman–Crippen LogP) is 7.74. The average molecular weight is 485 g/mol. The largest absolute Gasteiger partial charge is 0.480 e. The lowest BCUT2D eigenvalue weighted by Gasteiger charge is -2.13. The minimum Gasteiger partial charge on any atom is -0.480 e. The van der Waals surface area contributed by atoms with Crippen LogP contribution in [0.15, 0.2) is 27.1 Å². The number of hydrogen-bond donors (Lipinski definition) is 1. The number of rotatable bonds is 10. The van der Waals surface area contributed by atoms with Crippen LogP contribution in [-0.2, 0) is 9.47 Å². The quantitative estimate of drug-likeness (QED) is 0.247. The fourth-order valence-electron chi connectivity index (χ4n) is 2.46. The second kappa shape index (κ2) is 12.1. The molecule has 3 rings (SSSR count). The van der Waals surface area contributed by atoms with Crippen LogP contribution in [0.4, 0.5) is 0 Å². The molecule has 2 nitrogen and oxygen atoms in total. The second-order valence-electron chi connectivity index (χ2n) is 5.73. The number of thiol groups is 1. The zero-order chi connectivity index (χ0) is 18.2. The highest BCUT2D eigenvalue weighted by Gasteiger charge is 2.33. The Morgan fingerprint density at radius 3 is 2.04 bits per heavy atom. The molecular formula is C17H24O2S7. The fourth-order valence-corrected chi connectivity index (χ4v) is 10.8. The number of thioether (sulfide) groups is 6. The van der Waals surface area contributed by atoms with Gasteiger partial charge >= 0.3 is 0 Å². The molecule has 0 aromatic carbocycles. The van der Waals surface area contributed by atoms with Crippen LogP contribution in [-0.4, -0.2) is 31.0 Å². The van der Waals surface area contributed by atoms with Gasteiger partial charge in [0, 0.05) is 0 Å². The Kier molecular flexibility index (Phi) is 10.2. The van der Waals surface area contributed by atoms with Crippen LogP contribution in [0.1, 0.15) is 38.5 Å². The summed E-state index contributed by atoms with van der Waals surface area (Å²) in [5.41, 5.74) is 0. The molecule has 3 aliphatic heterocycles. The number of hydrogen-bond acceptors (Lipinski definition) is 9. The molecule has 0 aromatic rings. The molecule has 0 aliphatic carbocycles. The van der Waals surface area contributed by atoms with Gasteiger partial charge in [-0.25, -0.2) is 0 Å². The molecule has 0 atom stereocenters. The van der Waals surface area contributed by atoms with Crippen molar-refractivity contribution in [3.05, 3.63) is 27.1 Å². The molecule has 9 heteroatoms. The van der Waals surface area contributed by atoms with Gasteiger partial charge in [-0.05, 0) is 54.1 Å². The molecule has 0 amide bonds. The van der Waals surface area contributed by atoms with Crippen LogP contribution in [0.5, 0.6) is 0 Å². The third kappa shape index (κ3) is 6.39. The molecule has 0 saturated heterocycles. The normalized spacial score (nSPS) is 19.9. The van der Waals surface area contributed by atoms with Gasteiger partial charge < -0.3 is 9.47 Å². The van der Waals surface area contributed by atoms with Gasteiger partial charge in [-0.3, -0.25) is 0 Å². The Balaban J connectivity index is 1.42. The number of unbranched alkanes of at least 4 members (excludes halogenated alkanes) is 5. The molecule has 0 N–H and O–H groups in total. The van der Waals surface area contributed by atoms with Crippen LogP contribution in [0.25, 0.3) is 0 Å². The SMILES string of the molecule is CSC1=C(SCCCCCCCCS)SC(=C2SC3=C(OCCO3)S2)S1. The predicted molar refractivity (Wildman–Crippen MR) is 131 cm³/mol. The minimum atomic E-state index is 0.666. The first-order valence-corrected chi connectivity index (χ1v) is 14.9. The van der Waals surface area contributed by atoms with E-state index in [1.54, 1.807) is 23.5 Å². The van der Waals surface area contributed by atoms with Crippen molar-refractivity contribution < 1.29 is 9.47 Å². The zero-order valence-electron chi connectivity index (χ0n) is 14.8. The van der Waals surface area contributed by atoms with Gasteiger partial charge in [0.05, 0.1) is 16.9 Å². The topological polar surface area (TPSA) is 18.5 Å². The monoisotopic (exact) mass is 484 g/mol. The summed E-state index contributed by atoms with van der Waals surface area (Å²) >= 11 is 15.5. The Morgan fingerprint density at radius 1 is 0.808 bits per heavy atom. The molecule has 0 spiro atoms. The van der Waals surface area contributed by atoms with Gasteiger partial charge in [0.1, 0.15) is 13.2 Å². The third-order valence-electron chi connectivity index (χ3n) is 3.76. The van der Waals surface area contributed by atoms with Gasteiger partial charge in [0.15, 0.2) is 0 Å². The standard InChI is InChI=1S/C17H24O2S7/c1-21-14-15(22-11-7-5-3-2-4-6-10-20)26-17(25-14)16-23-12-13(24-16)19-9-8-18-12/h20H,2-11H2,1H3. The molecule has 0 fully saturated rings. The zero-order valence-corrected chi connectivity index (χ0v) is 20.6. The highest BCUT2D eigenvalue weighted by molar-refractivity contribution is 8.42. The lowest BCUT2D eigenvalue weighted by atomic mass is 10.1. The van der Waals surface area contributed by atoms with Gasteiger partial charge in [0.25, 0.3) is 0 Å². The van der Waals surface area contributed by atoms with E-state index in [1.165, 1.54) is 61.2 Å². The number of ether oxygens (including phenoxy) is 2. The highest BCUT2D eigenvalue weighted by Crippen LogP contribution is 2.63. The smallest absolute Gasteiger partial charge is 0.208 e. The molecule has 0 radical (unpaired) electrons. The summed E-state index contributed by atoms with van der Waals surface area (Å²) in [7, 11) is 0. The van der Waals surface area contributed by atoms with E-state index in [2.05, 4.69) is 18.9 Å². The molecule has 146 valence electrons. The van der Waals surface area contributed by atoms with E-state index in [0.717, 1.165) is 15.9 Å². The maximum Gasteiger partial charge on any atom is 0.208 e. The summed E-state index contributed by atoms with van der Waals surface area (Å²) in [6, 6.07) is 0. The molecule has 3 aliphatic rings. The van der Waals surface area contributed by atoms with Crippen molar-refractivity contribution in [1.82, 2.24) is 0 Å². The first-order valence-electron chi connectivity index (χ1n) is 8.79. The molecular weight excluding hydrogens is 461 g/mol. The van der Waals surface area contributed by atoms with E-state index in [-0.39, 0.29) is 0 Å². The van der Waals surface area contributed by atoms with Crippen molar-refractivity contribution in [2.75, 3.05) is 31.0 Å². The van der Waals surface area contributed by atoms with Crippen LogP contribution in [0.3, 0.4) is 0 Å². The van der Waals surface area contributed by atoms with Gasteiger partial charge in [-0.15, -0.1) is 23.5 Å². The van der Waals surface area contributed by atoms with E-state index in [4.69, 9.17) is 9.47 Å². The molecule has 3 heterocycles. The summed E-state index contributed by atoms with van der Waals surface area (Å²) in [5.74, 6) is 2.25. The summed E-state index contributed by atoms with van der Waals surface area (Å²) in [6.07, 6.45) is 10.2. The van der Waals surface area contributed by atoms with E-state index in [9.17, 15) is 0 Å². The third-order valence-corrected chi connectivity index (χ3v) is 12.4. The lowest BCUT2D eigenvalue weighted by molar-refractivity contribution is 0.0949. The van der Waals surface area contributed by atoms with E-state index in [0.29, 0.717) is 13.2 Å². The molecule has 0 bridgehead atoms. The van der Waals surface area contributed by atoms with Crippen molar-refractivity contribution in [2.45, 2.75) is 38.5 Å². The molecule has 0 saturated carbocycles. The van der Waals surface area contributed by atoms with E-state index in [1.807, 2.05) is 47.0 Å². The van der Waals surface area contributed by atoms with Gasteiger partial charge in [-0.1, -0.05) is 49.2 Å². The average Bonchev–Trinajstić information content (AvgIpc) is 3.27. The highest BCUT2D eigenvalue weighted by atomic mass is 32.3. The Hall–Kier alpha value is 1.27. The summed E-state index contributed by atoms with van der Waals surface area (Å²) in [6.45, 7) is 1.33. The van der Waals surface area contributed by atoms with Gasteiger partial charge in [0.2, 0.25) is 10.2 Å². The van der Waals surface area contributed by atoms with Crippen LogP contribution in [0, 0.1) is 0 Å². The Morgan fingerprint density at radius 2 is 1.38 bits per heavy atom. The summed E-state index contributed by atoms with van der Waals surface area (Å²) < 4.78 is 17.1. The summed E-state index contributed by atoms with van der Waals surface area (Å²) in [5, 5.41) is 1.91. The second-order valence-corrected chi connectivity index (χ2v) is 13.1. The molecule has 0 aromatic heterocycles. The van der Waals surface area contributed by atoms with Crippen molar-refractivity contribution in [2.24, 2.45) is 0 Å². The minimum absolute atomic E-state index is 0.666. The Bertz CT molecular complexity index is 566. The first kappa shape index (κ1) is 22.0. The van der Waals surface area contributed by atoms with Crippen molar-refractivity contribution >= 4 is 83.2 Å². The Labute approximate surface area is 188 Å². The first-order chi connectivity index (χ1) is 12.8. The van der Waals surface area contributed by atoms with Crippen molar-refractivity contribution in [3.8, 4) is 0 Å².